The lowest BCUT2D eigenvalue weighted by molar-refractivity contribution is 0.143. The van der Waals surface area contributed by atoms with Crippen molar-refractivity contribution in [3.05, 3.63) is 252 Å². The lowest BCUT2D eigenvalue weighted by Gasteiger charge is -2.19. The second kappa shape index (κ2) is 37.2. The maximum absolute atomic E-state index is 14.2. The molecule has 12 aromatic rings. The van der Waals surface area contributed by atoms with Crippen LogP contribution in [0.5, 0.6) is 23.5 Å². The second-order valence-corrected chi connectivity index (χ2v) is 33.3. The normalized spacial score (nSPS) is 12.2. The first kappa shape index (κ1) is 92.0. The first-order valence-corrected chi connectivity index (χ1v) is 37.3. The molecule has 0 N–H and O–H groups in total. The molecule has 0 aromatic carbocycles. The van der Waals surface area contributed by atoms with Crippen LogP contribution in [0, 0.1) is 34.9 Å². The number of methoxy groups -OCH3 is 3. The van der Waals surface area contributed by atoms with Gasteiger partial charge >= 0.3 is 0 Å². The fraction of sp³-hybridized carbons (Fsp3) is 0.435. The van der Waals surface area contributed by atoms with Crippen molar-refractivity contribution in [3.63, 3.8) is 0 Å². The van der Waals surface area contributed by atoms with Gasteiger partial charge in [0.15, 0.2) is 68.8 Å². The summed E-state index contributed by atoms with van der Waals surface area (Å²) in [7, 11) is 4.43. The van der Waals surface area contributed by atoms with Gasteiger partial charge in [-0.2, -0.15) is 19.9 Å². The van der Waals surface area contributed by atoms with Crippen LogP contribution in [0.25, 0.3) is 33.9 Å². The molecule has 0 spiro atoms. The number of hydrogen-bond donors (Lipinski definition) is 0. The van der Waals surface area contributed by atoms with Crippen molar-refractivity contribution in [1.82, 2.24) is 56.3 Å². The minimum Gasteiger partial charge on any atom is -0.481 e. The van der Waals surface area contributed by atoms with Gasteiger partial charge in [-0.1, -0.05) is 132 Å². The third kappa shape index (κ3) is 23.3. The van der Waals surface area contributed by atoms with Gasteiger partial charge < -0.3 is 28.4 Å². The zero-order chi connectivity index (χ0) is 86.8. The molecule has 24 nitrogen and oxygen atoms in total. The Bertz CT molecular complexity index is 5820. The molecule has 0 aliphatic rings. The van der Waals surface area contributed by atoms with Crippen LogP contribution in [0.3, 0.4) is 0 Å². The predicted molar refractivity (Wildman–Crippen MR) is 432 cm³/mol. The SMILES string of the molecule is CC(F)c1cc(=O)n2cc(C(C)(C)C)cc(F)c2n1.CCCOc1cc(=O)n2cc(C(C)(C)C)cc(F)c2n1.CCOc1cc(=O)n2cc(C(C)(C)C)cc(F)c2n1.COCCOc1cc(=O)n2cc(C(C)(C)C)cc(F)c2n1.COCc1cc(=O)n2cc(C(C)(C)C)cc(F)c2n1.COc1cc(=O)n2cc(C(C)(C)C)cc(F)c2n1. The van der Waals surface area contributed by atoms with Crippen molar-refractivity contribution in [2.24, 2.45) is 0 Å². The third-order valence-corrected chi connectivity index (χ3v) is 17.7. The number of pyridine rings is 6. The van der Waals surface area contributed by atoms with Gasteiger partial charge in [0, 0.05) is 63.5 Å². The fourth-order valence-corrected chi connectivity index (χ4v) is 10.7. The molecule has 0 aliphatic carbocycles. The molecule has 0 bridgehead atoms. The molecule has 0 amide bonds. The Labute approximate surface area is 666 Å². The number of nitrogens with zero attached hydrogens (tertiary/aromatic N) is 12. The first-order chi connectivity index (χ1) is 53.8. The van der Waals surface area contributed by atoms with Crippen LogP contribution < -0.4 is 52.3 Å². The van der Waals surface area contributed by atoms with Gasteiger partial charge in [0.1, 0.15) is 12.8 Å². The van der Waals surface area contributed by atoms with Crippen LogP contribution in [0.15, 0.2) is 139 Å². The van der Waals surface area contributed by atoms with Gasteiger partial charge in [0.25, 0.3) is 33.4 Å². The number of ether oxygens (including phenoxy) is 6. The molecule has 0 saturated carbocycles. The highest BCUT2D eigenvalue weighted by Gasteiger charge is 2.25. The summed E-state index contributed by atoms with van der Waals surface area (Å²) in [6, 6.07) is 15.9. The third-order valence-electron chi connectivity index (χ3n) is 17.7. The molecule has 116 heavy (non-hydrogen) atoms. The van der Waals surface area contributed by atoms with Crippen molar-refractivity contribution >= 4 is 33.9 Å². The van der Waals surface area contributed by atoms with E-state index in [0.29, 0.717) is 31.1 Å². The Morgan fingerprint density at radius 3 is 0.853 bits per heavy atom. The van der Waals surface area contributed by atoms with Gasteiger partial charge in [-0.3, -0.25) is 55.2 Å². The second-order valence-electron chi connectivity index (χ2n) is 33.3. The first-order valence-electron chi connectivity index (χ1n) is 37.3. The molecule has 0 aliphatic heterocycles. The Kier molecular flexibility index (Phi) is 29.5. The number of halogens is 7. The lowest BCUT2D eigenvalue weighted by atomic mass is 9.88. The van der Waals surface area contributed by atoms with Crippen molar-refractivity contribution in [2.45, 2.75) is 197 Å². The minimum absolute atomic E-state index is 0.00315. The van der Waals surface area contributed by atoms with E-state index in [1.807, 2.05) is 132 Å². The summed E-state index contributed by atoms with van der Waals surface area (Å²) in [6.45, 7) is 41.8. The Balaban J connectivity index is 0.000000193. The molecule has 0 radical (unpaired) electrons. The summed E-state index contributed by atoms with van der Waals surface area (Å²) in [6.07, 6.45) is 9.09. The summed E-state index contributed by atoms with van der Waals surface area (Å²) in [4.78, 5) is 96.0. The number of hydrogen-bond acceptors (Lipinski definition) is 18. The van der Waals surface area contributed by atoms with E-state index in [4.69, 9.17) is 28.4 Å². The van der Waals surface area contributed by atoms with E-state index < -0.39 is 46.6 Å². The smallest absolute Gasteiger partial charge is 0.261 e. The van der Waals surface area contributed by atoms with Gasteiger partial charge in [-0.25, -0.2) is 40.7 Å². The molecule has 12 aromatic heterocycles. The molecule has 31 heteroatoms. The number of aromatic nitrogens is 12. The van der Waals surface area contributed by atoms with Crippen LogP contribution in [-0.2, 0) is 48.6 Å². The minimum atomic E-state index is -1.40. The highest BCUT2D eigenvalue weighted by Crippen LogP contribution is 2.30. The molecular formula is C85H103F7N12O12. The maximum atomic E-state index is 14.2. The van der Waals surface area contributed by atoms with Crippen LogP contribution in [-0.4, -0.2) is 104 Å². The zero-order valence-electron chi connectivity index (χ0n) is 70.1. The van der Waals surface area contributed by atoms with Crippen molar-refractivity contribution < 1.29 is 59.2 Å². The standard InChI is InChI=1S/C15H19FN2O3.C15H19FN2O2.C14H16F2N2O.2C14H17FN2O2.C13H15FN2O2/c1-15(2,3)10-7-11(16)14-17-12(21-6-5-20-4)8-13(19)18(14)9-10;1-5-6-20-12-8-13(19)18-9-10(15(2,3)4)7-11(16)14(18)17-12;1-8(15)11-6-12(19)18-7-9(14(2,3)4)5-10(16)13(18)17-11;1-14(2,3)9-5-11(15)13-16-10(8-19-4)6-12(18)17(13)7-9;1-5-19-11-7-12(18)17-8-9(14(2,3)4)6-10(15)13(17)16-11;1-13(2,3)8-5-9(14)12-15-10(18-4)6-11(17)16(12)7-8/h7-9H,5-6H2,1-4H3;7-9H,5-6H2,1-4H3;5-8H,1-4H3;5-7H,8H2,1-4H3;6-8H,5H2,1-4H3;5-7H,1-4H3. The van der Waals surface area contributed by atoms with E-state index in [-0.39, 0.29) is 137 Å². The Morgan fingerprint density at radius 2 is 0.586 bits per heavy atom. The molecule has 12 heterocycles. The van der Waals surface area contributed by atoms with Crippen LogP contribution in [0.1, 0.15) is 203 Å². The van der Waals surface area contributed by atoms with E-state index in [1.165, 1.54) is 110 Å². The fourth-order valence-electron chi connectivity index (χ4n) is 10.7. The van der Waals surface area contributed by atoms with E-state index in [1.54, 1.807) is 51.2 Å². The predicted octanol–water partition coefficient (Wildman–Crippen LogP) is 15.2. The van der Waals surface area contributed by atoms with Gasteiger partial charge in [-0.05, 0) is 123 Å². The van der Waals surface area contributed by atoms with Gasteiger partial charge in [-0.15, -0.1) is 0 Å². The molecule has 12 rings (SSSR count). The number of alkyl halides is 1. The van der Waals surface area contributed by atoms with Crippen LogP contribution >= 0.6 is 0 Å². The van der Waals surface area contributed by atoms with Gasteiger partial charge in [0.05, 0.1) is 69.2 Å². The van der Waals surface area contributed by atoms with Crippen LogP contribution in [0.2, 0.25) is 0 Å². The Hall–Kier alpha value is -11.2. The van der Waals surface area contributed by atoms with Crippen molar-refractivity contribution in [2.75, 3.05) is 47.8 Å². The van der Waals surface area contributed by atoms with Crippen molar-refractivity contribution in [3.8, 4) is 23.5 Å². The summed E-state index contributed by atoms with van der Waals surface area (Å²) >= 11 is 0. The summed E-state index contributed by atoms with van der Waals surface area (Å²) < 4.78 is 135. The average Bonchev–Trinajstić information content (AvgIpc) is 0.822. The molecule has 0 saturated heterocycles. The monoisotopic (exact) mass is 1620 g/mol. The zero-order valence-corrected chi connectivity index (χ0v) is 70.1. The van der Waals surface area contributed by atoms with Gasteiger partial charge in [0.2, 0.25) is 23.5 Å². The molecule has 1 atom stereocenters. The molecular weight excluding hydrogens is 1510 g/mol. The topological polar surface area (TPSA) is 262 Å². The maximum Gasteiger partial charge on any atom is 0.261 e. The number of fused-ring (bicyclic) bond motifs is 6. The summed E-state index contributed by atoms with van der Waals surface area (Å²) in [5.41, 5.74) is 0.856. The van der Waals surface area contributed by atoms with E-state index in [0.717, 1.165) is 44.7 Å². The largest absolute Gasteiger partial charge is 0.481 e. The van der Waals surface area contributed by atoms with E-state index >= 15 is 0 Å². The van der Waals surface area contributed by atoms with E-state index in [2.05, 4.69) is 29.9 Å². The Morgan fingerprint density at radius 1 is 0.328 bits per heavy atom. The highest BCUT2D eigenvalue weighted by molar-refractivity contribution is 5.50. The quantitative estimate of drug-likeness (QED) is 0.0767. The van der Waals surface area contributed by atoms with Crippen molar-refractivity contribution in [1.29, 1.82) is 0 Å². The number of rotatable bonds is 13. The molecule has 624 valence electrons. The van der Waals surface area contributed by atoms with E-state index in [9.17, 15) is 59.5 Å². The average molecular weight is 1620 g/mol. The molecule has 0 fully saturated rings. The lowest BCUT2D eigenvalue weighted by Crippen LogP contribution is -2.20. The van der Waals surface area contributed by atoms with Crippen LogP contribution in [0.4, 0.5) is 30.7 Å². The highest BCUT2D eigenvalue weighted by atomic mass is 19.2. The molecule has 1 unspecified atom stereocenters. The summed E-state index contributed by atoms with van der Waals surface area (Å²) in [5.74, 6) is -2.71. The summed E-state index contributed by atoms with van der Waals surface area (Å²) in [5, 5.41) is 0.